The predicted molar refractivity (Wildman–Crippen MR) is 111 cm³/mol. The number of amides is 1. The number of rotatable bonds is 6. The highest BCUT2D eigenvalue weighted by atomic mass is 32.2. The van der Waals surface area contributed by atoms with Gasteiger partial charge in [0.05, 0.1) is 11.3 Å². The van der Waals surface area contributed by atoms with Crippen molar-refractivity contribution in [3.05, 3.63) is 81.8 Å². The van der Waals surface area contributed by atoms with Crippen molar-refractivity contribution in [2.75, 3.05) is 11.1 Å². The van der Waals surface area contributed by atoms with Crippen LogP contribution in [-0.4, -0.2) is 36.5 Å². The fourth-order valence-corrected chi connectivity index (χ4v) is 3.55. The third kappa shape index (κ3) is 4.97. The van der Waals surface area contributed by atoms with E-state index in [-0.39, 0.29) is 28.1 Å². The number of halogens is 3. The number of aromatic nitrogens is 5. The van der Waals surface area contributed by atoms with E-state index in [0.29, 0.717) is 6.42 Å². The van der Waals surface area contributed by atoms with Gasteiger partial charge in [-0.05, 0) is 23.8 Å². The zero-order chi connectivity index (χ0) is 22.7. The molecule has 0 spiro atoms. The number of benzene rings is 2. The first-order valence-corrected chi connectivity index (χ1v) is 10.3. The molecule has 32 heavy (non-hydrogen) atoms. The molecule has 8 nitrogen and oxygen atoms in total. The lowest BCUT2D eigenvalue weighted by Gasteiger charge is -2.09. The number of thioether (sulfide) groups is 1. The summed E-state index contributed by atoms with van der Waals surface area (Å²) in [6.45, 7) is 0. The Bertz CT molecular complexity index is 1320. The lowest BCUT2D eigenvalue weighted by Crippen LogP contribution is -2.19. The first-order valence-electron chi connectivity index (χ1n) is 9.28. The molecule has 2 heterocycles. The Balaban J connectivity index is 1.47. The zero-order valence-corrected chi connectivity index (χ0v) is 17.1. The lowest BCUT2D eigenvalue weighted by molar-refractivity contribution is -0.137. The molecule has 0 aliphatic carbocycles. The monoisotopic (exact) mass is 460 g/mol. The summed E-state index contributed by atoms with van der Waals surface area (Å²) in [4.78, 5) is 27.1. The minimum Gasteiger partial charge on any atom is -0.325 e. The van der Waals surface area contributed by atoms with Crippen molar-refractivity contribution in [3.8, 4) is 0 Å². The van der Waals surface area contributed by atoms with Crippen LogP contribution in [0.4, 0.5) is 18.9 Å². The Morgan fingerprint density at radius 2 is 1.88 bits per heavy atom. The molecule has 0 saturated carbocycles. The Labute approximate surface area is 182 Å². The molecule has 2 N–H and O–H groups in total. The molecule has 2 aromatic carbocycles. The second kappa shape index (κ2) is 8.83. The van der Waals surface area contributed by atoms with Crippen molar-refractivity contribution in [1.82, 2.24) is 24.8 Å². The Kier molecular flexibility index (Phi) is 5.95. The van der Waals surface area contributed by atoms with Gasteiger partial charge in [0.25, 0.3) is 11.3 Å². The minimum absolute atomic E-state index is 0.0316. The van der Waals surface area contributed by atoms with Crippen LogP contribution in [-0.2, 0) is 17.4 Å². The number of carbonyl (C=O) groups excluding carboxylic acids is 1. The molecular formula is C20H15F3N6O2S. The minimum atomic E-state index is -4.50. The summed E-state index contributed by atoms with van der Waals surface area (Å²) in [7, 11) is 0. The van der Waals surface area contributed by atoms with E-state index in [9.17, 15) is 22.8 Å². The maximum atomic E-state index is 12.8. The van der Waals surface area contributed by atoms with Gasteiger partial charge >= 0.3 is 6.18 Å². The highest BCUT2D eigenvalue weighted by Crippen LogP contribution is 2.30. The van der Waals surface area contributed by atoms with Crippen molar-refractivity contribution in [3.63, 3.8) is 0 Å². The molecule has 0 radical (unpaired) electrons. The standard InChI is InChI=1S/C20H15F3N6O2S/c21-20(22,23)13-7-4-8-14(10-13)24-16(30)11-32-19-27-26-18-25-17(31)15(28-29(18)19)9-12-5-2-1-3-6-12/h1-8,10H,9,11H2,(H,24,30)(H,25,26,31). The lowest BCUT2D eigenvalue weighted by atomic mass is 10.1. The fourth-order valence-electron chi connectivity index (χ4n) is 2.87. The molecule has 0 aliphatic rings. The molecule has 0 bridgehead atoms. The molecule has 4 aromatic rings. The van der Waals surface area contributed by atoms with Crippen LogP contribution >= 0.6 is 11.8 Å². The second-order valence-electron chi connectivity index (χ2n) is 6.70. The number of alkyl halides is 3. The highest BCUT2D eigenvalue weighted by molar-refractivity contribution is 7.99. The topological polar surface area (TPSA) is 105 Å². The van der Waals surface area contributed by atoms with Crippen molar-refractivity contribution < 1.29 is 18.0 Å². The summed E-state index contributed by atoms with van der Waals surface area (Å²) < 4.78 is 39.8. The third-order valence-electron chi connectivity index (χ3n) is 4.34. The van der Waals surface area contributed by atoms with Gasteiger partial charge in [-0.3, -0.25) is 14.6 Å². The summed E-state index contributed by atoms with van der Waals surface area (Å²) in [5.41, 5.74) is -0.0754. The van der Waals surface area contributed by atoms with Crippen molar-refractivity contribution >= 4 is 29.1 Å². The molecule has 12 heteroatoms. The third-order valence-corrected chi connectivity index (χ3v) is 5.26. The van der Waals surface area contributed by atoms with Crippen molar-refractivity contribution in [2.45, 2.75) is 17.8 Å². The molecular weight excluding hydrogens is 445 g/mol. The summed E-state index contributed by atoms with van der Waals surface area (Å²) in [6.07, 6.45) is -4.21. The first-order chi connectivity index (χ1) is 15.3. The van der Waals surface area contributed by atoms with Gasteiger partial charge < -0.3 is 5.32 Å². The normalized spacial score (nSPS) is 11.6. The van der Waals surface area contributed by atoms with Gasteiger partial charge in [0.15, 0.2) is 0 Å². The number of carbonyl (C=O) groups is 1. The number of fused-ring (bicyclic) bond motifs is 1. The van der Waals surface area contributed by atoms with Crippen LogP contribution in [0.2, 0.25) is 0 Å². The molecule has 2 aromatic heterocycles. The van der Waals surface area contributed by atoms with Gasteiger partial charge in [0.1, 0.15) is 5.69 Å². The Hall–Kier alpha value is -3.67. The van der Waals surface area contributed by atoms with Gasteiger partial charge in [-0.2, -0.15) is 22.8 Å². The Morgan fingerprint density at radius 3 is 2.62 bits per heavy atom. The van der Waals surface area contributed by atoms with Gasteiger partial charge in [0, 0.05) is 12.1 Å². The van der Waals surface area contributed by atoms with Crippen LogP contribution in [0.15, 0.2) is 64.5 Å². The van der Waals surface area contributed by atoms with E-state index in [1.54, 1.807) is 0 Å². The van der Waals surface area contributed by atoms with Crippen LogP contribution in [0, 0.1) is 0 Å². The number of nitrogens with zero attached hydrogens (tertiary/aromatic N) is 4. The SMILES string of the molecule is O=C(CSc1nnc2[nH]c(=O)c(Cc3ccccc3)nn12)Nc1cccc(C(F)(F)F)c1. The van der Waals surface area contributed by atoms with E-state index < -0.39 is 23.2 Å². The summed E-state index contributed by atoms with van der Waals surface area (Å²) in [6, 6.07) is 13.7. The summed E-state index contributed by atoms with van der Waals surface area (Å²) in [5, 5.41) is 14.7. The molecule has 0 atom stereocenters. The van der Waals surface area contributed by atoms with Crippen LogP contribution in [0.25, 0.3) is 5.78 Å². The van der Waals surface area contributed by atoms with E-state index in [4.69, 9.17) is 0 Å². The van der Waals surface area contributed by atoms with Gasteiger partial charge in [0.2, 0.25) is 11.1 Å². The summed E-state index contributed by atoms with van der Waals surface area (Å²) in [5.74, 6) is -0.557. The van der Waals surface area contributed by atoms with E-state index in [2.05, 4.69) is 25.6 Å². The fraction of sp³-hybridized carbons (Fsp3) is 0.150. The number of hydrogen-bond acceptors (Lipinski definition) is 6. The average Bonchev–Trinajstić information content (AvgIpc) is 3.14. The van der Waals surface area contributed by atoms with Crippen LogP contribution < -0.4 is 10.9 Å². The molecule has 4 rings (SSSR count). The molecule has 164 valence electrons. The zero-order valence-electron chi connectivity index (χ0n) is 16.3. The highest BCUT2D eigenvalue weighted by Gasteiger charge is 2.30. The van der Waals surface area contributed by atoms with Gasteiger partial charge in [-0.15, -0.1) is 10.2 Å². The largest absolute Gasteiger partial charge is 0.416 e. The number of hydrogen-bond donors (Lipinski definition) is 2. The molecule has 1 amide bonds. The van der Waals surface area contributed by atoms with E-state index in [1.165, 1.54) is 16.6 Å². The second-order valence-corrected chi connectivity index (χ2v) is 7.64. The number of nitrogens with one attached hydrogen (secondary N) is 2. The van der Waals surface area contributed by atoms with E-state index >= 15 is 0 Å². The smallest absolute Gasteiger partial charge is 0.325 e. The quantitative estimate of drug-likeness (QED) is 0.429. The van der Waals surface area contributed by atoms with Crippen LogP contribution in [0.3, 0.4) is 0 Å². The van der Waals surface area contributed by atoms with Crippen molar-refractivity contribution in [1.29, 1.82) is 0 Å². The maximum Gasteiger partial charge on any atom is 0.416 e. The van der Waals surface area contributed by atoms with Gasteiger partial charge in [-0.25, -0.2) is 0 Å². The predicted octanol–water partition coefficient (Wildman–Crippen LogP) is 3.15. The van der Waals surface area contributed by atoms with Gasteiger partial charge in [-0.1, -0.05) is 48.2 Å². The molecule has 0 unspecified atom stereocenters. The van der Waals surface area contributed by atoms with E-state index in [1.807, 2.05) is 30.3 Å². The van der Waals surface area contributed by atoms with Crippen LogP contribution in [0.1, 0.15) is 16.8 Å². The number of aromatic amines is 1. The van der Waals surface area contributed by atoms with E-state index in [0.717, 1.165) is 29.5 Å². The molecule has 0 saturated heterocycles. The number of anilines is 1. The first kappa shape index (κ1) is 21.6. The number of H-pyrrole nitrogens is 1. The maximum absolute atomic E-state index is 12.8. The summed E-state index contributed by atoms with van der Waals surface area (Å²) >= 11 is 0.985. The average molecular weight is 460 g/mol. The molecule has 0 aliphatic heterocycles. The molecule has 0 fully saturated rings. The van der Waals surface area contributed by atoms with Crippen LogP contribution in [0.5, 0.6) is 0 Å². The Morgan fingerprint density at radius 1 is 1.09 bits per heavy atom. The van der Waals surface area contributed by atoms with Crippen molar-refractivity contribution in [2.24, 2.45) is 0 Å².